The van der Waals surface area contributed by atoms with Crippen LogP contribution in [0, 0.1) is 0 Å². The van der Waals surface area contributed by atoms with E-state index in [0.717, 1.165) is 54.7 Å². The number of unbranched alkanes of at least 4 members (excludes halogenated alkanes) is 8. The zero-order chi connectivity index (χ0) is 32.1. The first-order valence-corrected chi connectivity index (χ1v) is 15.4. The second-order valence-electron chi connectivity index (χ2n) is 11.0. The lowest BCUT2D eigenvalue weighted by molar-refractivity contribution is -0.139. The summed E-state index contributed by atoms with van der Waals surface area (Å²) in [6, 6.07) is 20.2. The van der Waals surface area contributed by atoms with Crippen LogP contribution in [0.15, 0.2) is 89.4 Å². The van der Waals surface area contributed by atoms with Crippen LogP contribution in [-0.2, 0) is 15.7 Å². The summed E-state index contributed by atoms with van der Waals surface area (Å²) in [5.41, 5.74) is 2.90. The first-order valence-electron chi connectivity index (χ1n) is 15.4. The number of carbonyl (C=O) groups is 1. The van der Waals surface area contributed by atoms with Gasteiger partial charge in [0.2, 0.25) is 11.8 Å². The van der Waals surface area contributed by atoms with Gasteiger partial charge in [0.25, 0.3) is 0 Å². The summed E-state index contributed by atoms with van der Waals surface area (Å²) < 4.78 is 55.2. The smallest absolute Gasteiger partial charge is 0.416 e. The van der Waals surface area contributed by atoms with Gasteiger partial charge in [0.15, 0.2) is 0 Å². The van der Waals surface area contributed by atoms with Crippen molar-refractivity contribution in [2.24, 2.45) is 0 Å². The lowest BCUT2D eigenvalue weighted by Crippen LogP contribution is -2.05. The van der Waals surface area contributed by atoms with Gasteiger partial charge in [-0.25, -0.2) is 4.79 Å². The highest BCUT2D eigenvalue weighted by Gasteiger charge is 2.30. The third-order valence-corrected chi connectivity index (χ3v) is 7.34. The third-order valence-electron chi connectivity index (χ3n) is 7.34. The van der Waals surface area contributed by atoms with Gasteiger partial charge in [0.1, 0.15) is 5.75 Å². The number of hydrogen-bond donors (Lipinski definition) is 0. The Balaban J connectivity index is 1.11. The van der Waals surface area contributed by atoms with Crippen molar-refractivity contribution in [2.45, 2.75) is 70.9 Å². The first-order chi connectivity index (χ1) is 21.7. The van der Waals surface area contributed by atoms with Crippen molar-refractivity contribution in [2.75, 3.05) is 13.2 Å². The second kappa shape index (κ2) is 16.6. The van der Waals surface area contributed by atoms with Crippen molar-refractivity contribution < 1.29 is 31.9 Å². The SMILES string of the molecule is C=C(C)C(=O)OCCCCCCCCCCCOc1ccc(-c2ccc(-c3nnc(-c4ccc(C(F)(F)F)cc4)o3)cc2)cc1. The van der Waals surface area contributed by atoms with Crippen LogP contribution in [0.25, 0.3) is 34.0 Å². The predicted octanol–water partition coefficient (Wildman–Crippen LogP) is 10.1. The molecule has 0 unspecified atom stereocenters. The van der Waals surface area contributed by atoms with Crippen molar-refractivity contribution in [1.82, 2.24) is 10.2 Å². The molecule has 0 fully saturated rings. The normalized spacial score (nSPS) is 11.4. The molecule has 0 saturated carbocycles. The van der Waals surface area contributed by atoms with E-state index in [9.17, 15) is 18.0 Å². The number of halogens is 3. The topological polar surface area (TPSA) is 74.5 Å². The van der Waals surface area contributed by atoms with Crippen molar-refractivity contribution >= 4 is 5.97 Å². The molecule has 0 spiro atoms. The van der Waals surface area contributed by atoms with Crippen LogP contribution in [0.3, 0.4) is 0 Å². The highest BCUT2D eigenvalue weighted by atomic mass is 19.4. The maximum absolute atomic E-state index is 12.8. The Bertz CT molecular complexity index is 1500. The highest BCUT2D eigenvalue weighted by Crippen LogP contribution is 2.32. The van der Waals surface area contributed by atoms with Gasteiger partial charge in [-0.3, -0.25) is 0 Å². The quantitative estimate of drug-likeness (QED) is 0.0664. The predicted molar refractivity (Wildman–Crippen MR) is 168 cm³/mol. The molecule has 0 atom stereocenters. The van der Waals surface area contributed by atoms with Crippen molar-refractivity contribution in [3.8, 4) is 39.8 Å². The number of alkyl halides is 3. The zero-order valence-electron chi connectivity index (χ0n) is 25.6. The van der Waals surface area contributed by atoms with E-state index >= 15 is 0 Å². The fourth-order valence-corrected chi connectivity index (χ4v) is 4.73. The minimum Gasteiger partial charge on any atom is -0.494 e. The third kappa shape index (κ3) is 10.6. The van der Waals surface area contributed by atoms with Gasteiger partial charge in [0, 0.05) is 16.7 Å². The summed E-state index contributed by atoms with van der Waals surface area (Å²) in [4.78, 5) is 11.3. The summed E-state index contributed by atoms with van der Waals surface area (Å²) in [5.74, 6) is 0.979. The minimum atomic E-state index is -4.40. The van der Waals surface area contributed by atoms with E-state index in [1.54, 1.807) is 6.92 Å². The molecule has 9 heteroatoms. The number of esters is 1. The number of carbonyl (C=O) groups excluding carboxylic acids is 1. The fraction of sp³-hybridized carbons (Fsp3) is 0.361. The van der Waals surface area contributed by atoms with Crippen LogP contribution in [0.2, 0.25) is 0 Å². The van der Waals surface area contributed by atoms with Gasteiger partial charge in [0.05, 0.1) is 18.8 Å². The molecule has 0 radical (unpaired) electrons. The largest absolute Gasteiger partial charge is 0.494 e. The number of ether oxygens (including phenoxy) is 2. The minimum absolute atomic E-state index is 0.155. The molecule has 0 N–H and O–H groups in total. The lowest BCUT2D eigenvalue weighted by Gasteiger charge is -2.08. The van der Waals surface area contributed by atoms with Crippen molar-refractivity contribution in [3.05, 3.63) is 90.5 Å². The molecule has 1 aromatic heterocycles. The summed E-state index contributed by atoms with van der Waals surface area (Å²) in [6.07, 6.45) is 5.80. The van der Waals surface area contributed by atoms with Gasteiger partial charge in [-0.15, -0.1) is 10.2 Å². The molecule has 0 saturated heterocycles. The molecule has 0 aliphatic rings. The Morgan fingerprint density at radius 3 is 1.58 bits per heavy atom. The van der Waals surface area contributed by atoms with Gasteiger partial charge >= 0.3 is 12.1 Å². The summed E-state index contributed by atoms with van der Waals surface area (Å²) in [5, 5.41) is 8.05. The second-order valence-corrected chi connectivity index (χ2v) is 11.0. The van der Waals surface area contributed by atoms with E-state index in [4.69, 9.17) is 13.9 Å². The summed E-state index contributed by atoms with van der Waals surface area (Å²) in [7, 11) is 0. The maximum atomic E-state index is 12.8. The molecule has 0 bridgehead atoms. The zero-order valence-corrected chi connectivity index (χ0v) is 25.6. The van der Waals surface area contributed by atoms with Gasteiger partial charge in [-0.1, -0.05) is 75.8 Å². The van der Waals surface area contributed by atoms with Crippen LogP contribution in [-0.4, -0.2) is 29.4 Å². The van der Waals surface area contributed by atoms with E-state index in [1.165, 1.54) is 44.2 Å². The van der Waals surface area contributed by atoms with E-state index in [2.05, 4.69) is 16.8 Å². The van der Waals surface area contributed by atoms with Crippen LogP contribution >= 0.6 is 0 Å². The Hall–Kier alpha value is -4.40. The van der Waals surface area contributed by atoms with Crippen LogP contribution in [0.5, 0.6) is 5.75 Å². The molecule has 1 heterocycles. The molecule has 238 valence electrons. The Kier molecular flexibility index (Phi) is 12.4. The fourth-order valence-electron chi connectivity index (χ4n) is 4.73. The molecular formula is C36H39F3N2O4. The molecule has 4 rings (SSSR count). The Morgan fingerprint density at radius 2 is 1.09 bits per heavy atom. The van der Waals surface area contributed by atoms with Gasteiger partial charge in [-0.05, 0) is 79.4 Å². The number of nitrogens with zero attached hydrogens (tertiary/aromatic N) is 2. The van der Waals surface area contributed by atoms with Gasteiger partial charge < -0.3 is 13.9 Å². The van der Waals surface area contributed by atoms with E-state index in [0.29, 0.717) is 29.9 Å². The Labute approximate surface area is 262 Å². The molecular weight excluding hydrogens is 581 g/mol. The van der Waals surface area contributed by atoms with Crippen molar-refractivity contribution in [3.63, 3.8) is 0 Å². The first kappa shape index (κ1) is 33.5. The molecule has 6 nitrogen and oxygen atoms in total. The Morgan fingerprint density at radius 1 is 0.667 bits per heavy atom. The maximum Gasteiger partial charge on any atom is 0.416 e. The summed E-state index contributed by atoms with van der Waals surface area (Å²) >= 11 is 0. The van der Waals surface area contributed by atoms with E-state index in [1.807, 2.05) is 48.5 Å². The van der Waals surface area contributed by atoms with Crippen molar-refractivity contribution in [1.29, 1.82) is 0 Å². The van der Waals surface area contributed by atoms with E-state index in [-0.39, 0.29) is 17.8 Å². The van der Waals surface area contributed by atoms with E-state index < -0.39 is 11.7 Å². The van der Waals surface area contributed by atoms with Crippen LogP contribution < -0.4 is 4.74 Å². The molecule has 45 heavy (non-hydrogen) atoms. The monoisotopic (exact) mass is 620 g/mol. The lowest BCUT2D eigenvalue weighted by atomic mass is 10.0. The molecule has 0 amide bonds. The van der Waals surface area contributed by atoms with Crippen LogP contribution in [0.4, 0.5) is 13.2 Å². The van der Waals surface area contributed by atoms with Gasteiger partial charge in [-0.2, -0.15) is 13.2 Å². The molecule has 0 aliphatic carbocycles. The number of aromatic nitrogens is 2. The molecule has 3 aromatic carbocycles. The average Bonchev–Trinajstić information content (AvgIpc) is 3.54. The number of hydrogen-bond acceptors (Lipinski definition) is 6. The standard InChI is InChI=1S/C36H39F3N2O4/c1-26(2)35(42)44-25-11-9-7-5-3-4-6-8-10-24-43-32-22-18-28(19-23-32)27-12-14-29(15-13-27)33-40-41-34(45-33)30-16-20-31(21-17-30)36(37,38)39/h12-23H,1,3-11,24-25H2,2H3. The molecule has 4 aromatic rings. The number of benzene rings is 3. The average molecular weight is 621 g/mol. The number of rotatable bonds is 17. The van der Waals surface area contributed by atoms with Crippen LogP contribution in [0.1, 0.15) is 70.3 Å². The highest BCUT2D eigenvalue weighted by molar-refractivity contribution is 5.86. The summed E-state index contributed by atoms with van der Waals surface area (Å²) in [6.45, 7) is 6.40. The molecule has 0 aliphatic heterocycles.